The number of rotatable bonds is 11. The highest BCUT2D eigenvalue weighted by atomic mass is 16.2. The molecular weight excluding hydrogens is 222 g/mol. The lowest BCUT2D eigenvalue weighted by Gasteiger charge is -2.36. The summed E-state index contributed by atoms with van der Waals surface area (Å²) in [6, 6.07) is 1.98. The molecule has 1 unspecified atom stereocenters. The van der Waals surface area contributed by atoms with Crippen LogP contribution >= 0.6 is 0 Å². The number of nitrogens with zero attached hydrogens (tertiary/aromatic N) is 1. The van der Waals surface area contributed by atoms with Gasteiger partial charge in [0.05, 0.1) is 0 Å². The fourth-order valence-electron chi connectivity index (χ4n) is 3.02. The van der Waals surface area contributed by atoms with Crippen molar-refractivity contribution in [2.45, 2.75) is 97.7 Å². The van der Waals surface area contributed by atoms with Crippen molar-refractivity contribution in [2.75, 3.05) is 6.61 Å². The Morgan fingerprint density at radius 2 is 1.17 bits per heavy atom. The van der Waals surface area contributed by atoms with Crippen LogP contribution in [0.4, 0.5) is 0 Å². The van der Waals surface area contributed by atoms with Gasteiger partial charge in [-0.15, -0.1) is 0 Å². The molecule has 0 rings (SSSR count). The Hall–Kier alpha value is -0.0800. The summed E-state index contributed by atoms with van der Waals surface area (Å²) in [5.74, 6) is 0. The van der Waals surface area contributed by atoms with Crippen molar-refractivity contribution >= 4 is 0 Å². The summed E-state index contributed by atoms with van der Waals surface area (Å²) in [5, 5.41) is 8.70. The highest BCUT2D eigenvalue weighted by molar-refractivity contribution is 4.74. The summed E-state index contributed by atoms with van der Waals surface area (Å²) in [4.78, 5) is 2.62. The van der Waals surface area contributed by atoms with Gasteiger partial charge in [-0.1, -0.05) is 32.1 Å². The second kappa shape index (κ2) is 10.8. The van der Waals surface area contributed by atoms with Crippen molar-refractivity contribution in [3.8, 4) is 0 Å². The van der Waals surface area contributed by atoms with Crippen molar-refractivity contribution < 1.29 is 5.11 Å². The van der Waals surface area contributed by atoms with Gasteiger partial charge in [0.15, 0.2) is 0 Å². The number of aliphatic hydroxyl groups is 1. The van der Waals surface area contributed by atoms with Gasteiger partial charge in [0.1, 0.15) is 0 Å². The van der Waals surface area contributed by atoms with E-state index >= 15 is 0 Å². The number of hydrogen-bond donors (Lipinski definition) is 1. The summed E-state index contributed by atoms with van der Waals surface area (Å²) in [6.07, 6.45) is 8.79. The molecule has 0 aliphatic carbocycles. The van der Waals surface area contributed by atoms with Crippen molar-refractivity contribution in [2.24, 2.45) is 0 Å². The highest BCUT2D eigenvalue weighted by Crippen LogP contribution is 2.16. The van der Waals surface area contributed by atoms with Crippen LogP contribution in [0.2, 0.25) is 0 Å². The number of hydrogen-bond acceptors (Lipinski definition) is 2. The first-order valence-corrected chi connectivity index (χ1v) is 7.89. The Morgan fingerprint density at radius 3 is 1.61 bits per heavy atom. The fourth-order valence-corrected chi connectivity index (χ4v) is 3.02. The Morgan fingerprint density at radius 1 is 0.722 bits per heavy atom. The van der Waals surface area contributed by atoms with Crippen LogP contribution in [-0.2, 0) is 0 Å². The lowest BCUT2D eigenvalue weighted by atomic mass is 10.0. The first-order valence-electron chi connectivity index (χ1n) is 7.89. The molecule has 0 heterocycles. The zero-order chi connectivity index (χ0) is 14.0. The normalized spacial score (nSPS) is 13.8. The fraction of sp³-hybridized carbons (Fsp3) is 1.00. The molecule has 0 aliphatic rings. The van der Waals surface area contributed by atoms with Gasteiger partial charge in [0.2, 0.25) is 0 Å². The van der Waals surface area contributed by atoms with Gasteiger partial charge >= 0.3 is 0 Å². The molecule has 0 saturated carbocycles. The van der Waals surface area contributed by atoms with Gasteiger partial charge in [-0.3, -0.25) is 4.90 Å². The average molecular weight is 257 g/mol. The predicted molar refractivity (Wildman–Crippen MR) is 81.0 cm³/mol. The second-order valence-electron chi connectivity index (χ2n) is 6.12. The molecule has 0 aromatic heterocycles. The molecule has 0 amide bonds. The molecule has 110 valence electrons. The minimum absolute atomic E-state index is 0.356. The van der Waals surface area contributed by atoms with E-state index in [-0.39, 0.29) is 0 Å². The summed E-state index contributed by atoms with van der Waals surface area (Å²) in [7, 11) is 0. The van der Waals surface area contributed by atoms with E-state index in [0.29, 0.717) is 24.7 Å². The number of unbranched alkanes of at least 4 members (excludes halogenated alkanes) is 5. The van der Waals surface area contributed by atoms with Crippen molar-refractivity contribution in [3.63, 3.8) is 0 Å². The van der Waals surface area contributed by atoms with Crippen LogP contribution in [-0.4, -0.2) is 34.7 Å². The van der Waals surface area contributed by atoms with Gasteiger partial charge in [-0.2, -0.15) is 0 Å². The second-order valence-corrected chi connectivity index (χ2v) is 6.12. The Balaban J connectivity index is 3.65. The maximum atomic E-state index is 8.70. The van der Waals surface area contributed by atoms with Crippen LogP contribution in [0.5, 0.6) is 0 Å². The quantitative estimate of drug-likeness (QED) is 0.560. The molecule has 2 heteroatoms. The van der Waals surface area contributed by atoms with Crippen LogP contribution in [0.3, 0.4) is 0 Å². The van der Waals surface area contributed by atoms with Crippen LogP contribution in [0.25, 0.3) is 0 Å². The zero-order valence-electron chi connectivity index (χ0n) is 13.3. The highest BCUT2D eigenvalue weighted by Gasteiger charge is 2.19. The van der Waals surface area contributed by atoms with Crippen LogP contribution in [0.15, 0.2) is 0 Å². The molecule has 2 nitrogen and oxygen atoms in total. The van der Waals surface area contributed by atoms with E-state index in [1.165, 1.54) is 38.5 Å². The Kier molecular flexibility index (Phi) is 10.8. The Bertz CT molecular complexity index is 172. The smallest absolute Gasteiger partial charge is 0.0431 e. The largest absolute Gasteiger partial charge is 0.396 e. The molecule has 1 N–H and O–H groups in total. The molecule has 0 fully saturated rings. The van der Waals surface area contributed by atoms with Gasteiger partial charge in [0, 0.05) is 24.7 Å². The molecule has 0 bridgehead atoms. The van der Waals surface area contributed by atoms with Crippen LogP contribution in [0.1, 0.15) is 79.6 Å². The van der Waals surface area contributed by atoms with E-state index in [0.717, 1.165) is 6.42 Å². The van der Waals surface area contributed by atoms with Gasteiger partial charge < -0.3 is 5.11 Å². The minimum Gasteiger partial charge on any atom is -0.396 e. The van der Waals surface area contributed by atoms with Gasteiger partial charge in [-0.05, 0) is 47.5 Å². The zero-order valence-corrected chi connectivity index (χ0v) is 13.3. The maximum Gasteiger partial charge on any atom is 0.0431 e. The first kappa shape index (κ1) is 17.9. The third kappa shape index (κ3) is 8.10. The van der Waals surface area contributed by atoms with Crippen molar-refractivity contribution in [1.29, 1.82) is 0 Å². The Labute approximate surface area is 115 Å². The predicted octanol–water partition coefficient (Wildman–Crippen LogP) is 4.22. The number of aliphatic hydroxyl groups excluding tert-OH is 1. The van der Waals surface area contributed by atoms with Gasteiger partial charge in [0.25, 0.3) is 0 Å². The van der Waals surface area contributed by atoms with Crippen LogP contribution in [0, 0.1) is 0 Å². The van der Waals surface area contributed by atoms with E-state index in [1.54, 1.807) is 0 Å². The summed E-state index contributed by atoms with van der Waals surface area (Å²) >= 11 is 0. The van der Waals surface area contributed by atoms with Crippen molar-refractivity contribution in [3.05, 3.63) is 0 Å². The summed E-state index contributed by atoms with van der Waals surface area (Å²) < 4.78 is 0. The SMILES string of the molecule is CC(C)N(C(C)C)C(C)CCCCCCCCO. The topological polar surface area (TPSA) is 23.5 Å². The first-order chi connectivity index (χ1) is 8.50. The lowest BCUT2D eigenvalue weighted by molar-refractivity contribution is 0.115. The van der Waals surface area contributed by atoms with E-state index in [2.05, 4.69) is 39.5 Å². The molecule has 18 heavy (non-hydrogen) atoms. The monoisotopic (exact) mass is 257 g/mol. The molecule has 0 spiro atoms. The van der Waals surface area contributed by atoms with E-state index in [9.17, 15) is 0 Å². The molecule has 0 aromatic carbocycles. The summed E-state index contributed by atoms with van der Waals surface area (Å²) in [6.45, 7) is 11.9. The van der Waals surface area contributed by atoms with Gasteiger partial charge in [-0.25, -0.2) is 0 Å². The van der Waals surface area contributed by atoms with E-state index in [1.807, 2.05) is 0 Å². The standard InChI is InChI=1S/C16H35NO/c1-14(2)17(15(3)4)16(5)12-10-8-6-7-9-11-13-18/h14-16,18H,6-13H2,1-5H3. The minimum atomic E-state index is 0.356. The molecule has 0 radical (unpaired) electrons. The maximum absolute atomic E-state index is 8.70. The third-order valence-electron chi connectivity index (χ3n) is 3.73. The molecule has 1 atom stereocenters. The van der Waals surface area contributed by atoms with E-state index < -0.39 is 0 Å². The molecule has 0 aromatic rings. The van der Waals surface area contributed by atoms with Crippen LogP contribution < -0.4 is 0 Å². The van der Waals surface area contributed by atoms with Crippen molar-refractivity contribution in [1.82, 2.24) is 4.90 Å². The average Bonchev–Trinajstić information content (AvgIpc) is 2.26. The molecule has 0 aliphatic heterocycles. The molecular formula is C16H35NO. The third-order valence-corrected chi connectivity index (χ3v) is 3.73. The molecule has 0 saturated heterocycles. The van der Waals surface area contributed by atoms with E-state index in [4.69, 9.17) is 5.11 Å². The lowest BCUT2D eigenvalue weighted by Crippen LogP contribution is -2.43. The summed E-state index contributed by atoms with van der Waals surface area (Å²) in [5.41, 5.74) is 0.